The van der Waals surface area contributed by atoms with Gasteiger partial charge in [0.25, 0.3) is 0 Å². The Morgan fingerprint density at radius 1 is 1.78 bits per heavy atom. The molecule has 0 N–H and O–H groups in total. The largest absolute Gasteiger partial charge is 0.377 e. The summed E-state index contributed by atoms with van der Waals surface area (Å²) in [5.74, 6) is 0. The number of hydrogen-bond donors (Lipinski definition) is 0. The van der Waals surface area contributed by atoms with Crippen molar-refractivity contribution < 1.29 is 4.74 Å². The molecule has 1 aliphatic heterocycles. The van der Waals surface area contributed by atoms with Crippen molar-refractivity contribution in [1.29, 1.82) is 5.26 Å². The van der Waals surface area contributed by atoms with Crippen LogP contribution in [0.15, 0.2) is 12.2 Å². The highest BCUT2D eigenvalue weighted by Crippen LogP contribution is 2.33. The minimum Gasteiger partial charge on any atom is -0.377 e. The quantitative estimate of drug-likeness (QED) is 0.489. The molecule has 0 amide bonds. The Morgan fingerprint density at radius 3 is 2.33 bits per heavy atom. The molecule has 0 atom stereocenters. The molecular formula is C7H9NO. The molecule has 2 heteroatoms. The summed E-state index contributed by atoms with van der Waals surface area (Å²) in [6.45, 7) is 6.64. The van der Waals surface area contributed by atoms with E-state index in [2.05, 4.69) is 12.6 Å². The standard InChI is InChI=1S/C7H9NO/c1-6(2)7(3-8)4-9-5-7/h1,4-5H2,2H3. The van der Waals surface area contributed by atoms with Gasteiger partial charge in [0.15, 0.2) is 0 Å². The van der Waals surface area contributed by atoms with Gasteiger partial charge in [0.05, 0.1) is 19.3 Å². The first-order valence-corrected chi connectivity index (χ1v) is 2.86. The Labute approximate surface area is 54.7 Å². The van der Waals surface area contributed by atoms with Gasteiger partial charge in [0, 0.05) is 0 Å². The van der Waals surface area contributed by atoms with Crippen molar-refractivity contribution in [3.63, 3.8) is 0 Å². The van der Waals surface area contributed by atoms with Gasteiger partial charge in [-0.1, -0.05) is 12.2 Å². The molecule has 0 aliphatic carbocycles. The lowest BCUT2D eigenvalue weighted by atomic mass is 9.81. The first-order chi connectivity index (χ1) is 4.21. The van der Waals surface area contributed by atoms with Gasteiger partial charge in [-0.3, -0.25) is 0 Å². The van der Waals surface area contributed by atoms with Crippen molar-refractivity contribution in [2.24, 2.45) is 5.41 Å². The monoisotopic (exact) mass is 123 g/mol. The maximum Gasteiger partial charge on any atom is 0.124 e. The van der Waals surface area contributed by atoms with E-state index in [-0.39, 0.29) is 5.41 Å². The molecule has 0 saturated carbocycles. The second-order valence-electron chi connectivity index (χ2n) is 2.47. The molecule has 1 aliphatic rings. The van der Waals surface area contributed by atoms with Crippen LogP contribution in [0.25, 0.3) is 0 Å². The molecule has 1 rings (SSSR count). The van der Waals surface area contributed by atoms with E-state index in [9.17, 15) is 0 Å². The summed E-state index contributed by atoms with van der Waals surface area (Å²) < 4.78 is 4.91. The second kappa shape index (κ2) is 1.85. The topological polar surface area (TPSA) is 33.0 Å². The van der Waals surface area contributed by atoms with Crippen molar-refractivity contribution in [3.8, 4) is 6.07 Å². The van der Waals surface area contributed by atoms with Gasteiger partial charge in [0.2, 0.25) is 0 Å². The van der Waals surface area contributed by atoms with E-state index in [1.165, 1.54) is 0 Å². The predicted octanol–water partition coefficient (Wildman–Crippen LogP) is 1.10. The van der Waals surface area contributed by atoms with Crippen LogP contribution in [0.3, 0.4) is 0 Å². The summed E-state index contributed by atoms with van der Waals surface area (Å²) in [7, 11) is 0. The van der Waals surface area contributed by atoms with Crippen LogP contribution in [0.1, 0.15) is 6.92 Å². The van der Waals surface area contributed by atoms with E-state index < -0.39 is 0 Å². The molecule has 48 valence electrons. The zero-order valence-corrected chi connectivity index (χ0v) is 5.48. The molecule has 0 aromatic heterocycles. The van der Waals surface area contributed by atoms with Crippen LogP contribution in [-0.2, 0) is 4.74 Å². The summed E-state index contributed by atoms with van der Waals surface area (Å²) in [5, 5.41) is 8.62. The van der Waals surface area contributed by atoms with Crippen molar-refractivity contribution in [2.45, 2.75) is 6.92 Å². The fraction of sp³-hybridized carbons (Fsp3) is 0.571. The minimum atomic E-state index is -0.347. The van der Waals surface area contributed by atoms with Crippen LogP contribution in [0, 0.1) is 16.7 Å². The average Bonchev–Trinajstić information content (AvgIpc) is 1.62. The lowest BCUT2D eigenvalue weighted by Gasteiger charge is -2.35. The van der Waals surface area contributed by atoms with E-state index in [0.29, 0.717) is 13.2 Å². The highest BCUT2D eigenvalue weighted by molar-refractivity contribution is 5.22. The van der Waals surface area contributed by atoms with E-state index >= 15 is 0 Å². The Hall–Kier alpha value is -0.810. The Bertz CT molecular complexity index is 174. The SMILES string of the molecule is C=C(C)C1(C#N)COC1. The summed E-state index contributed by atoms with van der Waals surface area (Å²) in [6, 6.07) is 2.19. The van der Waals surface area contributed by atoms with Crippen LogP contribution in [0.4, 0.5) is 0 Å². The molecule has 9 heavy (non-hydrogen) atoms. The summed E-state index contributed by atoms with van der Waals surface area (Å²) in [4.78, 5) is 0. The van der Waals surface area contributed by atoms with Gasteiger partial charge < -0.3 is 4.74 Å². The number of hydrogen-bond acceptors (Lipinski definition) is 2. The smallest absolute Gasteiger partial charge is 0.124 e. The zero-order valence-electron chi connectivity index (χ0n) is 5.48. The van der Waals surface area contributed by atoms with Gasteiger partial charge in [-0.15, -0.1) is 0 Å². The zero-order chi connectivity index (χ0) is 6.91. The molecule has 0 unspecified atom stereocenters. The summed E-state index contributed by atoms with van der Waals surface area (Å²) in [6.07, 6.45) is 0. The summed E-state index contributed by atoms with van der Waals surface area (Å²) >= 11 is 0. The maximum atomic E-state index is 8.62. The van der Waals surface area contributed by atoms with Crippen LogP contribution < -0.4 is 0 Å². The molecule has 0 bridgehead atoms. The highest BCUT2D eigenvalue weighted by Gasteiger charge is 2.39. The fourth-order valence-corrected chi connectivity index (χ4v) is 0.713. The summed E-state index contributed by atoms with van der Waals surface area (Å²) in [5.41, 5.74) is 0.566. The molecule has 0 radical (unpaired) electrons. The first kappa shape index (κ1) is 6.31. The number of ether oxygens (including phenoxy) is 1. The molecule has 1 saturated heterocycles. The minimum absolute atomic E-state index is 0.347. The third-order valence-corrected chi connectivity index (χ3v) is 1.73. The number of nitrogens with zero attached hydrogens (tertiary/aromatic N) is 1. The Morgan fingerprint density at radius 2 is 2.33 bits per heavy atom. The lowest BCUT2D eigenvalue weighted by Crippen LogP contribution is -2.41. The molecule has 2 nitrogen and oxygen atoms in total. The molecule has 0 aromatic carbocycles. The van der Waals surface area contributed by atoms with Gasteiger partial charge >= 0.3 is 0 Å². The van der Waals surface area contributed by atoms with Gasteiger partial charge in [-0.2, -0.15) is 5.26 Å². The van der Waals surface area contributed by atoms with Crippen molar-refractivity contribution >= 4 is 0 Å². The van der Waals surface area contributed by atoms with E-state index in [0.717, 1.165) is 5.57 Å². The molecular weight excluding hydrogens is 114 g/mol. The van der Waals surface area contributed by atoms with Crippen molar-refractivity contribution in [1.82, 2.24) is 0 Å². The third kappa shape index (κ3) is 0.739. The second-order valence-corrected chi connectivity index (χ2v) is 2.47. The highest BCUT2D eigenvalue weighted by atomic mass is 16.5. The predicted molar refractivity (Wildman–Crippen MR) is 33.7 cm³/mol. The van der Waals surface area contributed by atoms with Gasteiger partial charge in [-0.25, -0.2) is 0 Å². The van der Waals surface area contributed by atoms with E-state index in [1.807, 2.05) is 6.92 Å². The van der Waals surface area contributed by atoms with Crippen molar-refractivity contribution in [2.75, 3.05) is 13.2 Å². The molecule has 0 aromatic rings. The maximum absolute atomic E-state index is 8.62. The van der Waals surface area contributed by atoms with Crippen LogP contribution in [-0.4, -0.2) is 13.2 Å². The average molecular weight is 123 g/mol. The lowest BCUT2D eigenvalue weighted by molar-refractivity contribution is -0.0550. The molecule has 0 spiro atoms. The number of rotatable bonds is 1. The van der Waals surface area contributed by atoms with Crippen molar-refractivity contribution in [3.05, 3.63) is 12.2 Å². The normalized spacial score (nSPS) is 21.8. The van der Waals surface area contributed by atoms with Gasteiger partial charge in [0.1, 0.15) is 5.41 Å². The number of nitriles is 1. The van der Waals surface area contributed by atoms with Crippen LogP contribution in [0.5, 0.6) is 0 Å². The van der Waals surface area contributed by atoms with Crippen LogP contribution >= 0.6 is 0 Å². The first-order valence-electron chi connectivity index (χ1n) is 2.86. The Balaban J connectivity index is 2.71. The van der Waals surface area contributed by atoms with E-state index in [1.54, 1.807) is 0 Å². The third-order valence-electron chi connectivity index (χ3n) is 1.73. The Kier molecular flexibility index (Phi) is 1.30. The molecule has 1 fully saturated rings. The van der Waals surface area contributed by atoms with E-state index in [4.69, 9.17) is 10.00 Å². The van der Waals surface area contributed by atoms with Gasteiger partial charge in [-0.05, 0) is 6.92 Å². The van der Waals surface area contributed by atoms with Crippen LogP contribution in [0.2, 0.25) is 0 Å². The fourth-order valence-electron chi connectivity index (χ4n) is 0.713. The molecule has 1 heterocycles.